The first-order chi connectivity index (χ1) is 18.1. The Bertz CT molecular complexity index is 899. The fourth-order valence-corrected chi connectivity index (χ4v) is 8.44. The highest BCUT2D eigenvalue weighted by molar-refractivity contribution is 5.55. The summed E-state index contributed by atoms with van der Waals surface area (Å²) in [6.45, 7) is 4.37. The summed E-state index contributed by atoms with van der Waals surface area (Å²) in [4.78, 5) is 0. The topological polar surface area (TPSA) is 9.23 Å². The largest absolute Gasteiger partial charge is 0.487 e. The maximum atomic E-state index is 14.8. The van der Waals surface area contributed by atoms with E-state index in [2.05, 4.69) is 13.0 Å². The van der Waals surface area contributed by atoms with Crippen LogP contribution in [0.5, 0.6) is 5.75 Å². The number of hydrogen-bond acceptors (Lipinski definition) is 1. The molecule has 3 aliphatic carbocycles. The van der Waals surface area contributed by atoms with Gasteiger partial charge in [0.25, 0.3) is 0 Å². The fraction of sp³-hybridized carbons (Fsp3) is 0.765. The van der Waals surface area contributed by atoms with Crippen molar-refractivity contribution in [3.05, 3.63) is 34.9 Å². The van der Waals surface area contributed by atoms with Gasteiger partial charge in [-0.05, 0) is 131 Å². The molecule has 5 rings (SSSR count). The smallest absolute Gasteiger partial charge is 0.201 e. The highest BCUT2D eigenvalue weighted by Gasteiger charge is 2.34. The second-order valence-electron chi connectivity index (χ2n) is 13.0. The van der Waals surface area contributed by atoms with E-state index in [1.807, 2.05) is 19.1 Å². The average Bonchev–Trinajstić information content (AvgIpc) is 2.95. The van der Waals surface area contributed by atoms with Gasteiger partial charge in [0, 0.05) is 5.56 Å². The molecule has 3 fully saturated rings. The third-order valence-corrected chi connectivity index (χ3v) is 10.8. The second kappa shape index (κ2) is 12.6. The maximum Gasteiger partial charge on any atom is 0.201 e. The third kappa shape index (κ3) is 6.44. The lowest BCUT2D eigenvalue weighted by molar-refractivity contribution is 0.107. The number of aryl methyl sites for hydroxylation is 1. The van der Waals surface area contributed by atoms with E-state index < -0.39 is 11.6 Å². The molecule has 1 heterocycles. The number of hydrogen-bond donors (Lipinski definition) is 0. The molecule has 37 heavy (non-hydrogen) atoms. The molecule has 1 aromatic rings. The van der Waals surface area contributed by atoms with Crippen molar-refractivity contribution in [3.8, 4) is 5.75 Å². The van der Waals surface area contributed by atoms with Crippen LogP contribution in [0.4, 0.5) is 8.78 Å². The van der Waals surface area contributed by atoms with E-state index in [9.17, 15) is 8.78 Å². The van der Waals surface area contributed by atoms with Crippen molar-refractivity contribution >= 4 is 6.08 Å². The number of rotatable bonds is 7. The molecule has 1 aromatic carbocycles. The van der Waals surface area contributed by atoms with Gasteiger partial charge in [0.1, 0.15) is 0 Å². The Labute approximate surface area is 224 Å². The molecule has 0 aromatic heterocycles. The minimum absolute atomic E-state index is 0.00130. The highest BCUT2D eigenvalue weighted by atomic mass is 19.2. The molecule has 0 spiro atoms. The molecule has 0 bridgehead atoms. The summed E-state index contributed by atoms with van der Waals surface area (Å²) in [6, 6.07) is 1.82. The number of ether oxygens (including phenoxy) is 1. The van der Waals surface area contributed by atoms with Crippen molar-refractivity contribution in [1.29, 1.82) is 0 Å². The number of benzene rings is 1. The predicted octanol–water partition coefficient (Wildman–Crippen LogP) is 10.3. The van der Waals surface area contributed by atoms with Crippen LogP contribution >= 0.6 is 0 Å². The van der Waals surface area contributed by atoms with E-state index in [0.717, 1.165) is 54.4 Å². The van der Waals surface area contributed by atoms with Gasteiger partial charge < -0.3 is 4.74 Å². The monoisotopic (exact) mass is 512 g/mol. The van der Waals surface area contributed by atoms with Crippen LogP contribution in [0.2, 0.25) is 0 Å². The first kappa shape index (κ1) is 27.2. The Morgan fingerprint density at radius 2 is 1.32 bits per heavy atom. The summed E-state index contributed by atoms with van der Waals surface area (Å²) in [5.41, 5.74) is 1.20. The Kier molecular flexibility index (Phi) is 9.30. The average molecular weight is 513 g/mol. The minimum Gasteiger partial charge on any atom is -0.487 e. The van der Waals surface area contributed by atoms with Crippen molar-refractivity contribution in [2.45, 2.75) is 129 Å². The standard InChI is InChI=1S/C34H50F2O/c1-3-5-23-6-11-25(12-7-23)27-16-18-28(19-17-27)26-13-8-24(9-14-26)10-15-29-22-30-20-21-31(4-2)37-34(30)33(36)32(29)35/h10,15,22-28,31H,3-9,11-14,16-21H2,1-2H3. The van der Waals surface area contributed by atoms with E-state index >= 15 is 0 Å². The SMILES string of the molecule is CCCC1CCC(C2CCC(C3CCC(C=Cc4cc5c(c(F)c4F)OC(CC)CC5)CC3)CC2)CC1. The molecule has 1 unspecified atom stereocenters. The van der Waals surface area contributed by atoms with Crippen molar-refractivity contribution in [2.75, 3.05) is 0 Å². The van der Waals surface area contributed by atoms with Crippen LogP contribution < -0.4 is 4.74 Å². The minimum atomic E-state index is -0.802. The van der Waals surface area contributed by atoms with Gasteiger partial charge >= 0.3 is 0 Å². The summed E-state index contributed by atoms with van der Waals surface area (Å²) in [5.74, 6) is 3.93. The van der Waals surface area contributed by atoms with Crippen LogP contribution in [0.25, 0.3) is 6.08 Å². The van der Waals surface area contributed by atoms with Crippen molar-refractivity contribution in [2.24, 2.45) is 35.5 Å². The molecule has 0 amide bonds. The van der Waals surface area contributed by atoms with Gasteiger partial charge in [-0.25, -0.2) is 4.39 Å². The molecule has 0 radical (unpaired) electrons. The number of halogens is 2. The highest BCUT2D eigenvalue weighted by Crippen LogP contribution is 2.46. The van der Waals surface area contributed by atoms with E-state index in [-0.39, 0.29) is 11.9 Å². The molecule has 1 aliphatic heterocycles. The Balaban J connectivity index is 1.08. The summed E-state index contributed by atoms with van der Waals surface area (Å²) < 4.78 is 35.3. The van der Waals surface area contributed by atoms with Gasteiger partial charge in [0.2, 0.25) is 5.82 Å². The molecule has 0 saturated heterocycles. The number of allylic oxidation sites excluding steroid dienone is 1. The molecule has 3 heteroatoms. The first-order valence-electron chi connectivity index (χ1n) is 15.9. The lowest BCUT2D eigenvalue weighted by Gasteiger charge is -2.41. The van der Waals surface area contributed by atoms with Gasteiger partial charge in [0.15, 0.2) is 11.6 Å². The number of fused-ring (bicyclic) bond motifs is 1. The summed E-state index contributed by atoms with van der Waals surface area (Å²) in [5, 5.41) is 0. The van der Waals surface area contributed by atoms with E-state index in [0.29, 0.717) is 11.5 Å². The van der Waals surface area contributed by atoms with Crippen molar-refractivity contribution in [3.63, 3.8) is 0 Å². The van der Waals surface area contributed by atoms with E-state index in [4.69, 9.17) is 4.74 Å². The molecule has 0 N–H and O–H groups in total. The lowest BCUT2D eigenvalue weighted by Crippen LogP contribution is -2.29. The molecule has 206 valence electrons. The third-order valence-electron chi connectivity index (χ3n) is 10.8. The van der Waals surface area contributed by atoms with E-state index in [1.54, 1.807) is 0 Å². The van der Waals surface area contributed by atoms with Crippen molar-refractivity contribution < 1.29 is 13.5 Å². The Morgan fingerprint density at radius 3 is 1.89 bits per heavy atom. The van der Waals surface area contributed by atoms with Crippen LogP contribution in [-0.4, -0.2) is 6.10 Å². The van der Waals surface area contributed by atoms with Crippen LogP contribution in [-0.2, 0) is 6.42 Å². The van der Waals surface area contributed by atoms with Crippen molar-refractivity contribution in [1.82, 2.24) is 0 Å². The molecule has 1 nitrogen and oxygen atoms in total. The van der Waals surface area contributed by atoms with Crippen LogP contribution in [0.3, 0.4) is 0 Å². The zero-order valence-corrected chi connectivity index (χ0v) is 23.5. The zero-order chi connectivity index (χ0) is 25.8. The van der Waals surface area contributed by atoms with Gasteiger partial charge in [-0.1, -0.05) is 51.7 Å². The molecule has 3 saturated carbocycles. The second-order valence-corrected chi connectivity index (χ2v) is 13.0. The zero-order valence-electron chi connectivity index (χ0n) is 23.5. The Hall–Kier alpha value is -1.38. The van der Waals surface area contributed by atoms with Gasteiger partial charge in [-0.2, -0.15) is 4.39 Å². The summed E-state index contributed by atoms with van der Waals surface area (Å²) in [7, 11) is 0. The lowest BCUT2D eigenvalue weighted by atomic mass is 9.65. The molecular weight excluding hydrogens is 462 g/mol. The molecule has 1 atom stereocenters. The molecular formula is C34H50F2O. The Morgan fingerprint density at radius 1 is 0.757 bits per heavy atom. The van der Waals surface area contributed by atoms with Crippen LogP contribution in [0.15, 0.2) is 12.1 Å². The summed E-state index contributed by atoms with van der Waals surface area (Å²) >= 11 is 0. The predicted molar refractivity (Wildman–Crippen MR) is 150 cm³/mol. The van der Waals surface area contributed by atoms with Gasteiger partial charge in [-0.15, -0.1) is 0 Å². The van der Waals surface area contributed by atoms with Gasteiger partial charge in [-0.3, -0.25) is 0 Å². The molecule has 4 aliphatic rings. The summed E-state index contributed by atoms with van der Waals surface area (Å²) in [6.07, 6.45) is 26.1. The van der Waals surface area contributed by atoms with E-state index in [1.165, 1.54) is 89.9 Å². The normalized spacial score (nSPS) is 34.8. The maximum absolute atomic E-state index is 14.8. The quantitative estimate of drug-likeness (QED) is 0.353. The van der Waals surface area contributed by atoms with Gasteiger partial charge in [0.05, 0.1) is 6.10 Å². The van der Waals surface area contributed by atoms with Crippen LogP contribution in [0, 0.1) is 47.1 Å². The van der Waals surface area contributed by atoms with Crippen LogP contribution in [0.1, 0.15) is 128 Å². The first-order valence-corrected chi connectivity index (χ1v) is 15.9. The fourth-order valence-electron chi connectivity index (χ4n) is 8.44.